The number of nitrogens with one attached hydrogen (secondary N) is 2. The zero-order valence-electron chi connectivity index (χ0n) is 31.1. The second kappa shape index (κ2) is 16.3. The van der Waals surface area contributed by atoms with Crippen LogP contribution in [0.3, 0.4) is 0 Å². The third kappa shape index (κ3) is 8.42. The number of hydrogen-bond acceptors (Lipinski definition) is 10. The average Bonchev–Trinajstić information content (AvgIpc) is 3.59. The van der Waals surface area contributed by atoms with Crippen molar-refractivity contribution in [3.05, 3.63) is 108 Å². The minimum Gasteiger partial charge on any atom is -0.494 e. The van der Waals surface area contributed by atoms with Gasteiger partial charge < -0.3 is 25.0 Å². The van der Waals surface area contributed by atoms with Crippen LogP contribution in [0.1, 0.15) is 36.5 Å². The second-order valence-corrected chi connectivity index (χ2v) is 15.8. The standard InChI is InChI=1S/C41H41F2N7O5S/c1-4-55-34-14-11-27(24-29(34)40(51)48-38-30(42)8-7-9-31(38)43)37-39(50-20-6-5-10-36(50)47-37)33-15-19-44-41(46-33)45-32-13-12-28(25-35(32)54-2)49-21-16-26(17-22-49)18-23-56(3,52)53/h5-15,19-20,24-26H,4,16-18,21-23H2,1-3H3,(H,48,51)(H,44,45,46). The number of aromatic nitrogens is 4. The Hall–Kier alpha value is -6.09. The quantitative estimate of drug-likeness (QED) is 0.119. The van der Waals surface area contributed by atoms with Crippen molar-refractivity contribution in [3.63, 3.8) is 0 Å². The zero-order chi connectivity index (χ0) is 39.4. The minimum atomic E-state index is -2.98. The Morgan fingerprint density at radius 2 is 1.73 bits per heavy atom. The summed E-state index contributed by atoms with van der Waals surface area (Å²) >= 11 is 0. The molecule has 1 aliphatic rings. The van der Waals surface area contributed by atoms with E-state index in [-0.39, 0.29) is 23.7 Å². The van der Waals surface area contributed by atoms with E-state index < -0.39 is 33.1 Å². The molecule has 15 heteroatoms. The number of fused-ring (bicyclic) bond motifs is 1. The summed E-state index contributed by atoms with van der Waals surface area (Å²) in [6.45, 7) is 3.67. The highest BCUT2D eigenvalue weighted by Crippen LogP contribution is 2.37. The molecule has 0 unspecified atom stereocenters. The number of halogens is 2. The summed E-state index contributed by atoms with van der Waals surface area (Å²) in [6, 6.07) is 21.5. The molecule has 1 amide bonds. The Morgan fingerprint density at radius 1 is 0.946 bits per heavy atom. The van der Waals surface area contributed by atoms with Gasteiger partial charge in [-0.1, -0.05) is 12.1 Å². The van der Waals surface area contributed by atoms with Crippen LogP contribution in [0, 0.1) is 17.6 Å². The third-order valence-corrected chi connectivity index (χ3v) is 10.7. The molecule has 2 N–H and O–H groups in total. The second-order valence-electron chi connectivity index (χ2n) is 13.6. The van der Waals surface area contributed by atoms with Crippen LogP contribution in [-0.2, 0) is 9.84 Å². The van der Waals surface area contributed by atoms with Crippen molar-refractivity contribution in [1.29, 1.82) is 0 Å². The van der Waals surface area contributed by atoms with Crippen LogP contribution in [-0.4, -0.2) is 72.5 Å². The predicted octanol–water partition coefficient (Wildman–Crippen LogP) is 7.79. The number of methoxy groups -OCH3 is 1. The molecule has 290 valence electrons. The van der Waals surface area contributed by atoms with Gasteiger partial charge >= 0.3 is 0 Å². The average molecular weight is 782 g/mol. The summed E-state index contributed by atoms with van der Waals surface area (Å²) in [6.07, 6.45) is 7.30. The van der Waals surface area contributed by atoms with E-state index in [0.29, 0.717) is 58.0 Å². The van der Waals surface area contributed by atoms with Crippen molar-refractivity contribution in [2.45, 2.75) is 26.2 Å². The number of imidazole rings is 1. The SMILES string of the molecule is CCOc1ccc(-c2nc3ccccn3c2-c2ccnc(Nc3ccc(N4CCC(CCS(C)(=O)=O)CC4)cc3OC)n2)cc1C(=O)Nc1c(F)cccc1F. The Kier molecular flexibility index (Phi) is 11.1. The number of ether oxygens (including phenoxy) is 2. The van der Waals surface area contributed by atoms with E-state index >= 15 is 0 Å². The molecule has 0 saturated carbocycles. The van der Waals surface area contributed by atoms with Crippen molar-refractivity contribution >= 4 is 44.4 Å². The van der Waals surface area contributed by atoms with Gasteiger partial charge in [-0.25, -0.2) is 32.2 Å². The summed E-state index contributed by atoms with van der Waals surface area (Å²) in [5, 5.41) is 5.66. The molecule has 4 heterocycles. The fourth-order valence-electron chi connectivity index (χ4n) is 6.89. The molecule has 3 aromatic heterocycles. The fraction of sp³-hybridized carbons (Fsp3) is 0.268. The summed E-state index contributed by atoms with van der Waals surface area (Å²) < 4.78 is 65.7. The van der Waals surface area contributed by atoms with Gasteiger partial charge in [-0.05, 0) is 92.8 Å². The van der Waals surface area contributed by atoms with E-state index in [0.717, 1.165) is 43.8 Å². The lowest BCUT2D eigenvalue weighted by Crippen LogP contribution is -2.34. The van der Waals surface area contributed by atoms with Crippen molar-refractivity contribution in [2.75, 3.05) is 54.3 Å². The maximum Gasteiger partial charge on any atom is 0.259 e. The highest BCUT2D eigenvalue weighted by Gasteiger charge is 2.24. The molecule has 12 nitrogen and oxygen atoms in total. The first-order chi connectivity index (χ1) is 27.0. The summed E-state index contributed by atoms with van der Waals surface area (Å²) in [5.41, 5.74) is 3.96. The van der Waals surface area contributed by atoms with E-state index in [9.17, 15) is 22.0 Å². The number of pyridine rings is 1. The molecule has 0 aliphatic carbocycles. The highest BCUT2D eigenvalue weighted by atomic mass is 32.2. The van der Waals surface area contributed by atoms with Crippen LogP contribution < -0.4 is 25.0 Å². The Balaban J connectivity index is 1.17. The van der Waals surface area contributed by atoms with E-state index in [1.165, 1.54) is 12.3 Å². The van der Waals surface area contributed by atoms with Gasteiger partial charge in [0.1, 0.15) is 44.3 Å². The Bertz CT molecular complexity index is 2480. The number of anilines is 4. The fourth-order valence-corrected chi connectivity index (χ4v) is 7.65. The van der Waals surface area contributed by atoms with Crippen LogP contribution in [0.25, 0.3) is 28.3 Å². The number of benzene rings is 3. The zero-order valence-corrected chi connectivity index (χ0v) is 31.9. The van der Waals surface area contributed by atoms with E-state index in [4.69, 9.17) is 19.4 Å². The van der Waals surface area contributed by atoms with Crippen molar-refractivity contribution in [2.24, 2.45) is 5.92 Å². The van der Waals surface area contributed by atoms with E-state index in [1.807, 2.05) is 47.0 Å². The third-order valence-electron chi connectivity index (χ3n) is 9.74. The van der Waals surface area contributed by atoms with Gasteiger partial charge in [-0.3, -0.25) is 9.20 Å². The van der Waals surface area contributed by atoms with Crippen molar-refractivity contribution < 1.29 is 31.5 Å². The molecule has 0 atom stereocenters. The van der Waals surface area contributed by atoms with Crippen LogP contribution >= 0.6 is 0 Å². The van der Waals surface area contributed by atoms with Gasteiger partial charge in [0.15, 0.2) is 0 Å². The number of rotatable bonds is 13. The minimum absolute atomic E-state index is 0.0620. The van der Waals surface area contributed by atoms with Gasteiger partial charge in [0.25, 0.3) is 5.91 Å². The summed E-state index contributed by atoms with van der Waals surface area (Å²) in [5.74, 6) is -0.830. The molecule has 7 rings (SSSR count). The molecule has 0 radical (unpaired) electrons. The Morgan fingerprint density at radius 3 is 2.46 bits per heavy atom. The first-order valence-corrected chi connectivity index (χ1v) is 20.3. The first kappa shape index (κ1) is 38.2. The lowest BCUT2D eigenvalue weighted by Gasteiger charge is -2.34. The number of piperidine rings is 1. The molecular weight excluding hydrogens is 741 g/mol. The van der Waals surface area contributed by atoms with Crippen LogP contribution in [0.4, 0.5) is 31.8 Å². The molecular formula is C41H41F2N7O5S. The van der Waals surface area contributed by atoms with E-state index in [2.05, 4.69) is 20.5 Å². The highest BCUT2D eigenvalue weighted by molar-refractivity contribution is 7.90. The monoisotopic (exact) mass is 781 g/mol. The number of carbonyl (C=O) groups is 1. The maximum absolute atomic E-state index is 14.5. The van der Waals surface area contributed by atoms with Crippen LogP contribution in [0.2, 0.25) is 0 Å². The Labute approximate surface area is 323 Å². The van der Waals surface area contributed by atoms with Crippen molar-refractivity contribution in [1.82, 2.24) is 19.4 Å². The van der Waals surface area contributed by atoms with Crippen LogP contribution in [0.15, 0.2) is 91.3 Å². The molecule has 1 saturated heterocycles. The number of carbonyl (C=O) groups excluding carboxylic acids is 1. The summed E-state index contributed by atoms with van der Waals surface area (Å²) in [4.78, 5) is 30.1. The van der Waals surface area contributed by atoms with Crippen molar-refractivity contribution in [3.8, 4) is 34.1 Å². The number of nitrogens with zero attached hydrogens (tertiary/aromatic N) is 5. The summed E-state index contributed by atoms with van der Waals surface area (Å²) in [7, 11) is -1.38. The molecule has 0 spiro atoms. The maximum atomic E-state index is 14.5. The molecule has 56 heavy (non-hydrogen) atoms. The lowest BCUT2D eigenvalue weighted by molar-refractivity contribution is 0.102. The van der Waals surface area contributed by atoms with Gasteiger partial charge in [0.05, 0.1) is 47.8 Å². The molecule has 6 aromatic rings. The van der Waals surface area contributed by atoms with Gasteiger partial charge in [-0.15, -0.1) is 0 Å². The van der Waals surface area contributed by atoms with Gasteiger partial charge in [0, 0.05) is 49.1 Å². The van der Waals surface area contributed by atoms with Gasteiger partial charge in [0.2, 0.25) is 5.95 Å². The molecule has 0 bridgehead atoms. The number of hydrogen-bond donors (Lipinski definition) is 2. The number of amides is 1. The smallest absolute Gasteiger partial charge is 0.259 e. The molecule has 1 aliphatic heterocycles. The van der Waals surface area contributed by atoms with E-state index in [1.54, 1.807) is 44.5 Å². The van der Waals surface area contributed by atoms with Crippen LogP contribution in [0.5, 0.6) is 11.5 Å². The normalized spacial score (nSPS) is 13.5. The first-order valence-electron chi connectivity index (χ1n) is 18.2. The number of para-hydroxylation sites is 1. The van der Waals surface area contributed by atoms with Gasteiger partial charge in [-0.2, -0.15) is 0 Å². The largest absolute Gasteiger partial charge is 0.494 e. The lowest BCUT2D eigenvalue weighted by atomic mass is 9.94. The predicted molar refractivity (Wildman–Crippen MR) is 213 cm³/mol. The molecule has 3 aromatic carbocycles. The molecule has 1 fully saturated rings. The number of sulfone groups is 1. The topological polar surface area (TPSA) is 140 Å².